The van der Waals surface area contributed by atoms with Gasteiger partial charge in [0.1, 0.15) is 11.2 Å². The highest BCUT2D eigenvalue weighted by Gasteiger charge is 2.66. The smallest absolute Gasteiger partial charge is 0.238 e. The third-order valence-electron chi connectivity index (χ3n) is 7.94. The highest BCUT2D eigenvalue weighted by Crippen LogP contribution is 2.57. The molecular weight excluding hydrogens is 532 g/mol. The molecule has 0 unspecified atom stereocenters. The average molecular weight is 565 g/mol. The lowest BCUT2D eigenvalue weighted by atomic mass is 9.62. The fourth-order valence-corrected chi connectivity index (χ4v) is 9.11. The van der Waals surface area contributed by atoms with E-state index in [1.165, 1.54) is 6.07 Å². The molecule has 2 saturated heterocycles. The van der Waals surface area contributed by atoms with Crippen molar-refractivity contribution in [1.82, 2.24) is 10.6 Å². The number of rotatable bonds is 4. The van der Waals surface area contributed by atoms with Crippen LogP contribution in [0.15, 0.2) is 36.4 Å². The van der Waals surface area contributed by atoms with Crippen molar-refractivity contribution in [2.45, 2.75) is 75.3 Å². The second-order valence-corrected chi connectivity index (χ2v) is 16.9. The Hall–Kier alpha value is -1.97. The Morgan fingerprint density at radius 1 is 1.24 bits per heavy atom. The minimum absolute atomic E-state index is 0.0677. The molecule has 3 heterocycles. The van der Waals surface area contributed by atoms with E-state index in [-0.39, 0.29) is 33.9 Å². The summed E-state index contributed by atoms with van der Waals surface area (Å²) in [5.74, 6) is -2.13. The van der Waals surface area contributed by atoms with E-state index in [4.69, 9.17) is 23.2 Å². The Labute approximate surface area is 227 Å². The summed E-state index contributed by atoms with van der Waals surface area (Å²) < 4.78 is 15.7. The van der Waals surface area contributed by atoms with Crippen LogP contribution >= 0.6 is 23.2 Å². The Morgan fingerprint density at radius 2 is 1.95 bits per heavy atom. The van der Waals surface area contributed by atoms with Gasteiger partial charge in [0.15, 0.2) is 8.32 Å². The summed E-state index contributed by atoms with van der Waals surface area (Å²) in [6.07, 6.45) is 0.552. The van der Waals surface area contributed by atoms with Gasteiger partial charge in [0.25, 0.3) is 0 Å². The van der Waals surface area contributed by atoms with Crippen LogP contribution < -0.4 is 16.0 Å². The molecule has 2 aromatic rings. The molecule has 0 bridgehead atoms. The van der Waals surface area contributed by atoms with Gasteiger partial charge < -0.3 is 20.7 Å². The quantitative estimate of drug-likeness (QED) is 0.396. The van der Waals surface area contributed by atoms with Crippen LogP contribution in [-0.2, 0) is 15.0 Å². The van der Waals surface area contributed by atoms with Crippen molar-refractivity contribution in [2.24, 2.45) is 5.41 Å². The molecule has 2 fully saturated rings. The maximum absolute atomic E-state index is 15.7. The number of hydrogen-bond donors (Lipinski definition) is 4. The summed E-state index contributed by atoms with van der Waals surface area (Å²) in [7, 11) is -2.25. The second-order valence-electron chi connectivity index (χ2n) is 12.2. The molecule has 198 valence electrons. The summed E-state index contributed by atoms with van der Waals surface area (Å²) in [5.41, 5.74) is -0.0264. The number of halogens is 3. The number of benzene rings is 2. The first-order valence-electron chi connectivity index (χ1n) is 12.6. The van der Waals surface area contributed by atoms with Crippen LogP contribution in [0, 0.1) is 11.2 Å². The van der Waals surface area contributed by atoms with Crippen molar-refractivity contribution < 1.29 is 18.8 Å². The number of hydrogen-bond acceptors (Lipinski definition) is 4. The van der Waals surface area contributed by atoms with Gasteiger partial charge in [0.2, 0.25) is 11.8 Å². The topological polar surface area (TPSA) is 90.5 Å². The van der Waals surface area contributed by atoms with Gasteiger partial charge in [-0.25, -0.2) is 4.39 Å². The molecule has 5 rings (SSSR count). The van der Waals surface area contributed by atoms with Gasteiger partial charge in [-0.15, -0.1) is 0 Å². The number of anilines is 1. The summed E-state index contributed by atoms with van der Waals surface area (Å²) >= 11 is 12.5. The largest absolute Gasteiger partial charge is 0.432 e. The molecule has 0 aliphatic carbocycles. The highest BCUT2D eigenvalue weighted by atomic mass is 35.5. The summed E-state index contributed by atoms with van der Waals surface area (Å²) in [5, 5.41) is 9.90. The Bertz CT molecular complexity index is 1280. The van der Waals surface area contributed by atoms with E-state index in [1.807, 2.05) is 6.55 Å². The zero-order valence-corrected chi connectivity index (χ0v) is 23.8. The van der Waals surface area contributed by atoms with E-state index in [0.717, 1.165) is 0 Å². The normalized spacial score (nSPS) is 32.7. The van der Waals surface area contributed by atoms with E-state index < -0.39 is 37.6 Å². The predicted octanol–water partition coefficient (Wildman–Crippen LogP) is 4.95. The van der Waals surface area contributed by atoms with Crippen molar-refractivity contribution in [3.05, 3.63) is 63.4 Å². The maximum Gasteiger partial charge on any atom is 0.238 e. The van der Waals surface area contributed by atoms with Gasteiger partial charge in [-0.05, 0) is 59.8 Å². The lowest BCUT2D eigenvalue weighted by molar-refractivity contribution is -0.124. The van der Waals surface area contributed by atoms with Gasteiger partial charge in [-0.2, -0.15) is 0 Å². The van der Waals surface area contributed by atoms with Gasteiger partial charge >= 0.3 is 0 Å². The highest BCUT2D eigenvalue weighted by molar-refractivity contribution is 6.74. The van der Waals surface area contributed by atoms with Crippen LogP contribution in [0.2, 0.25) is 28.7 Å². The van der Waals surface area contributed by atoms with E-state index in [2.05, 4.69) is 36.7 Å². The molecule has 3 aliphatic rings. The zero-order valence-electron chi connectivity index (χ0n) is 21.3. The van der Waals surface area contributed by atoms with Crippen LogP contribution in [0.3, 0.4) is 0 Å². The zero-order chi connectivity index (χ0) is 26.9. The number of carbonyl (C=O) groups excluding carboxylic acids is 2. The van der Waals surface area contributed by atoms with Crippen LogP contribution in [0.4, 0.5) is 10.1 Å². The third-order valence-corrected chi connectivity index (χ3v) is 11.2. The molecule has 3 aliphatic heterocycles. The standard InChI is InChI=1S/C27H32Cl2FN3O3Si/c1-26(2,3)11-20-27(17-9-8-14(28)10-19(17)32-25(27)35)21(16-6-5-7-18(29)22(16)30)23(33-20)24(34)31-15-12-37(4,36)13-15/h5-10,15,20-21,23,33,36H,11-13H2,1-4H3,(H,31,34)(H,32,35)/t15?,20-,21-,23+,27+,37?/m0/s1. The number of amides is 2. The fourth-order valence-electron chi connectivity index (χ4n) is 6.55. The number of fused-ring (bicyclic) bond motifs is 2. The van der Waals surface area contributed by atoms with Gasteiger partial charge in [0.05, 0.1) is 11.1 Å². The first kappa shape index (κ1) is 26.6. The second kappa shape index (κ2) is 9.05. The third kappa shape index (κ3) is 4.50. The first-order valence-corrected chi connectivity index (χ1v) is 16.2. The number of carbonyl (C=O) groups is 2. The minimum atomic E-state index is -2.25. The van der Waals surface area contributed by atoms with E-state index >= 15 is 4.39 Å². The molecule has 4 atom stereocenters. The Balaban J connectivity index is 1.69. The lowest BCUT2D eigenvalue weighted by Crippen LogP contribution is -2.58. The Morgan fingerprint density at radius 3 is 2.59 bits per heavy atom. The Kier molecular flexibility index (Phi) is 6.52. The SMILES string of the molecule is CC(C)(C)C[C@@H]1N[C@@H](C(=O)NC2C[Si](C)(O)C2)[C@H](c2cccc(Cl)c2F)[C@]12C(=O)Nc1cc(Cl)ccc12. The van der Waals surface area contributed by atoms with E-state index in [9.17, 15) is 14.4 Å². The minimum Gasteiger partial charge on any atom is -0.432 e. The maximum atomic E-state index is 15.7. The van der Waals surface area contributed by atoms with Crippen molar-refractivity contribution in [2.75, 3.05) is 5.32 Å². The predicted molar refractivity (Wildman–Crippen MR) is 146 cm³/mol. The fraction of sp³-hybridized carbons (Fsp3) is 0.481. The van der Waals surface area contributed by atoms with Crippen molar-refractivity contribution in [3.8, 4) is 0 Å². The lowest BCUT2D eigenvalue weighted by Gasteiger charge is -2.40. The van der Waals surface area contributed by atoms with Gasteiger partial charge in [-0.3, -0.25) is 9.59 Å². The molecular formula is C27H32Cl2FN3O3Si. The summed E-state index contributed by atoms with van der Waals surface area (Å²) in [4.78, 5) is 38.2. The van der Waals surface area contributed by atoms with Crippen molar-refractivity contribution >= 4 is 49.0 Å². The van der Waals surface area contributed by atoms with Gasteiger partial charge in [0, 0.05) is 28.7 Å². The van der Waals surface area contributed by atoms with Crippen LogP contribution in [0.5, 0.6) is 0 Å². The molecule has 10 heteroatoms. The van der Waals surface area contributed by atoms with Crippen molar-refractivity contribution in [3.63, 3.8) is 0 Å². The van der Waals surface area contributed by atoms with E-state index in [0.29, 0.717) is 34.8 Å². The van der Waals surface area contributed by atoms with Crippen LogP contribution in [0.1, 0.15) is 44.2 Å². The summed E-state index contributed by atoms with van der Waals surface area (Å²) in [6.45, 7) is 8.08. The monoisotopic (exact) mass is 563 g/mol. The average Bonchev–Trinajstić information content (AvgIpc) is 3.23. The molecule has 6 nitrogen and oxygen atoms in total. The van der Waals surface area contributed by atoms with E-state index in [1.54, 1.807) is 30.3 Å². The summed E-state index contributed by atoms with van der Waals surface area (Å²) in [6, 6.07) is 9.55. The first-order chi connectivity index (χ1) is 17.2. The molecule has 0 aromatic heterocycles. The van der Waals surface area contributed by atoms with Crippen LogP contribution in [-0.4, -0.2) is 43.1 Å². The molecule has 0 radical (unpaired) electrons. The molecule has 4 N–H and O–H groups in total. The van der Waals surface area contributed by atoms with Crippen molar-refractivity contribution in [1.29, 1.82) is 0 Å². The molecule has 37 heavy (non-hydrogen) atoms. The molecule has 2 amide bonds. The van der Waals surface area contributed by atoms with Gasteiger partial charge in [-0.1, -0.05) is 62.2 Å². The molecule has 1 spiro atoms. The van der Waals surface area contributed by atoms with Crippen LogP contribution in [0.25, 0.3) is 0 Å². The molecule has 0 saturated carbocycles. The molecule has 2 aromatic carbocycles. The number of nitrogens with one attached hydrogen (secondary N) is 3.